The largest absolute Gasteiger partial charge is 0.458 e. The van der Waals surface area contributed by atoms with Crippen LogP contribution in [0.1, 0.15) is 23.8 Å². The average molecular weight is 370 g/mol. The minimum atomic E-state index is 0.110. The van der Waals surface area contributed by atoms with E-state index in [-0.39, 0.29) is 6.04 Å². The van der Waals surface area contributed by atoms with Gasteiger partial charge in [0, 0.05) is 32.8 Å². The first kappa shape index (κ1) is 15.1. The summed E-state index contributed by atoms with van der Waals surface area (Å²) in [5, 5.41) is 4.30. The highest BCUT2D eigenvalue weighted by atomic mass is 35.5. The monoisotopic (exact) mass is 369 g/mol. The molecule has 6 rings (SSSR count). The second-order valence-corrected chi connectivity index (χ2v) is 7.46. The molecule has 0 aliphatic heterocycles. The third-order valence-corrected chi connectivity index (χ3v) is 5.92. The summed E-state index contributed by atoms with van der Waals surface area (Å²) in [6.07, 6.45) is 5.28. The van der Waals surface area contributed by atoms with Crippen LogP contribution in [0.15, 0.2) is 77.2 Å². The average Bonchev–Trinajstić information content (AvgIpc) is 3.25. The molecule has 0 saturated carbocycles. The topological polar surface area (TPSA) is 18.1 Å². The normalized spacial score (nSPS) is 16.4. The van der Waals surface area contributed by atoms with Crippen molar-refractivity contribution in [1.29, 1.82) is 0 Å². The summed E-state index contributed by atoms with van der Waals surface area (Å²) in [6.45, 7) is 0. The highest BCUT2D eigenvalue weighted by molar-refractivity contribution is 6.36. The van der Waals surface area contributed by atoms with Crippen molar-refractivity contribution in [2.24, 2.45) is 0 Å². The van der Waals surface area contributed by atoms with Crippen molar-refractivity contribution >= 4 is 50.5 Å². The number of rotatable bonds is 1. The molecule has 1 atom stereocenters. The van der Waals surface area contributed by atoms with Crippen molar-refractivity contribution in [3.63, 3.8) is 0 Å². The van der Waals surface area contributed by atoms with E-state index in [1.165, 1.54) is 21.8 Å². The van der Waals surface area contributed by atoms with Crippen LogP contribution in [0.3, 0.4) is 0 Å². The van der Waals surface area contributed by atoms with Crippen molar-refractivity contribution < 1.29 is 4.42 Å². The van der Waals surface area contributed by atoms with Crippen LogP contribution in [0.2, 0.25) is 5.02 Å². The molecule has 0 spiro atoms. The Morgan fingerprint density at radius 3 is 2.30 bits per heavy atom. The number of hydrogen-bond acceptors (Lipinski definition) is 1. The van der Waals surface area contributed by atoms with Crippen molar-refractivity contribution in [2.75, 3.05) is 0 Å². The highest BCUT2D eigenvalue weighted by Gasteiger charge is 2.28. The van der Waals surface area contributed by atoms with Gasteiger partial charge in [0.15, 0.2) is 0 Å². The fourth-order valence-electron chi connectivity index (χ4n) is 4.49. The van der Waals surface area contributed by atoms with Crippen LogP contribution in [0, 0.1) is 0 Å². The van der Waals surface area contributed by atoms with Gasteiger partial charge in [0.1, 0.15) is 11.3 Å². The van der Waals surface area contributed by atoms with Gasteiger partial charge in [-0.05, 0) is 30.7 Å². The highest BCUT2D eigenvalue weighted by Crippen LogP contribution is 2.43. The van der Waals surface area contributed by atoms with Crippen molar-refractivity contribution in [3.05, 3.63) is 89.2 Å². The standard InChI is InChI=1S/C24H16ClNO/c25-18-10-6-14-22-23(18)17-9-5-13-21(24(17)27-22)26-19-11-3-1-7-15(19)16-8-2-4-12-20(16)26/h1-12,14,21H,13H2. The number of aromatic nitrogens is 1. The van der Waals surface area contributed by atoms with Gasteiger partial charge in [0.2, 0.25) is 0 Å². The van der Waals surface area contributed by atoms with Crippen molar-refractivity contribution in [3.8, 4) is 0 Å². The van der Waals surface area contributed by atoms with E-state index in [1.54, 1.807) is 0 Å². The molecule has 1 aliphatic rings. The Bertz CT molecular complexity index is 1320. The minimum Gasteiger partial charge on any atom is -0.458 e. The van der Waals surface area contributed by atoms with Crippen LogP contribution in [-0.2, 0) is 0 Å². The van der Waals surface area contributed by atoms with Gasteiger partial charge in [-0.3, -0.25) is 0 Å². The number of allylic oxidation sites excluding steroid dienone is 1. The van der Waals surface area contributed by atoms with E-state index in [0.717, 1.165) is 33.7 Å². The van der Waals surface area contributed by atoms with Gasteiger partial charge in [-0.15, -0.1) is 0 Å². The smallest absolute Gasteiger partial charge is 0.136 e. The summed E-state index contributed by atoms with van der Waals surface area (Å²) in [6, 6.07) is 23.2. The Balaban J connectivity index is 1.71. The van der Waals surface area contributed by atoms with Crippen LogP contribution in [0.25, 0.3) is 38.9 Å². The Kier molecular flexibility index (Phi) is 3.09. The zero-order chi connectivity index (χ0) is 18.0. The Labute approximate surface area is 161 Å². The predicted octanol–water partition coefficient (Wildman–Crippen LogP) is 7.20. The van der Waals surface area contributed by atoms with E-state index in [1.807, 2.05) is 18.2 Å². The molecule has 5 aromatic rings. The maximum absolute atomic E-state index is 6.50. The number of fused-ring (bicyclic) bond motifs is 6. The van der Waals surface area contributed by atoms with Crippen LogP contribution in [0.5, 0.6) is 0 Å². The van der Waals surface area contributed by atoms with Gasteiger partial charge in [0.05, 0.1) is 11.1 Å². The van der Waals surface area contributed by atoms with Crippen LogP contribution in [-0.4, -0.2) is 4.57 Å². The molecular formula is C24H16ClNO. The molecule has 3 heteroatoms. The summed E-state index contributed by atoms with van der Waals surface area (Å²) < 4.78 is 8.77. The number of hydrogen-bond donors (Lipinski definition) is 0. The van der Waals surface area contributed by atoms with Crippen LogP contribution < -0.4 is 0 Å². The Morgan fingerprint density at radius 2 is 1.56 bits per heavy atom. The summed E-state index contributed by atoms with van der Waals surface area (Å²) in [7, 11) is 0. The van der Waals surface area contributed by atoms with Gasteiger partial charge in [-0.2, -0.15) is 0 Å². The lowest BCUT2D eigenvalue weighted by molar-refractivity contribution is 0.461. The molecular weight excluding hydrogens is 354 g/mol. The van der Waals surface area contributed by atoms with Crippen LogP contribution >= 0.6 is 11.6 Å². The lowest BCUT2D eigenvalue weighted by atomic mass is 9.97. The van der Waals surface area contributed by atoms with E-state index in [0.29, 0.717) is 0 Å². The van der Waals surface area contributed by atoms with Gasteiger partial charge in [-0.25, -0.2) is 0 Å². The van der Waals surface area contributed by atoms with E-state index < -0.39 is 0 Å². The Morgan fingerprint density at radius 1 is 0.852 bits per heavy atom. The molecule has 1 unspecified atom stereocenters. The van der Waals surface area contributed by atoms with Crippen molar-refractivity contribution in [2.45, 2.75) is 12.5 Å². The first-order valence-electron chi connectivity index (χ1n) is 9.18. The third kappa shape index (κ3) is 2.02. The molecule has 0 bridgehead atoms. The van der Waals surface area contributed by atoms with Gasteiger partial charge in [-0.1, -0.05) is 66.2 Å². The summed E-state index contributed by atoms with van der Waals surface area (Å²) in [4.78, 5) is 0. The minimum absolute atomic E-state index is 0.110. The third-order valence-electron chi connectivity index (χ3n) is 5.61. The van der Waals surface area contributed by atoms with E-state index in [4.69, 9.17) is 16.0 Å². The SMILES string of the molecule is Clc1cccc2oc3c(c12)C=CCC3n1c2ccccc2c2ccccc21. The maximum Gasteiger partial charge on any atom is 0.136 e. The lowest BCUT2D eigenvalue weighted by Crippen LogP contribution is -2.12. The number of benzene rings is 3. The first-order valence-corrected chi connectivity index (χ1v) is 9.56. The quantitative estimate of drug-likeness (QED) is 0.305. The van der Waals surface area contributed by atoms with E-state index >= 15 is 0 Å². The van der Waals surface area contributed by atoms with Crippen molar-refractivity contribution in [1.82, 2.24) is 4.57 Å². The number of halogens is 1. The molecule has 0 radical (unpaired) electrons. The zero-order valence-electron chi connectivity index (χ0n) is 14.5. The lowest BCUT2D eigenvalue weighted by Gasteiger charge is -2.21. The molecule has 0 saturated heterocycles. The second-order valence-electron chi connectivity index (χ2n) is 7.05. The fraction of sp³-hybridized carbons (Fsp3) is 0.0833. The van der Waals surface area contributed by atoms with Crippen LogP contribution in [0.4, 0.5) is 0 Å². The molecule has 130 valence electrons. The summed E-state index contributed by atoms with van der Waals surface area (Å²) >= 11 is 6.50. The molecule has 2 aromatic heterocycles. The fourth-order valence-corrected chi connectivity index (χ4v) is 4.76. The Hall–Kier alpha value is -2.97. The molecule has 0 fully saturated rings. The first-order chi connectivity index (χ1) is 13.3. The molecule has 27 heavy (non-hydrogen) atoms. The van der Waals surface area contributed by atoms with E-state index in [9.17, 15) is 0 Å². The summed E-state index contributed by atoms with van der Waals surface area (Å²) in [5.74, 6) is 0.993. The second kappa shape index (κ2) is 5.51. The molecule has 3 aromatic carbocycles. The van der Waals surface area contributed by atoms with Gasteiger partial charge < -0.3 is 8.98 Å². The molecule has 0 amide bonds. The molecule has 2 heterocycles. The molecule has 0 N–H and O–H groups in total. The van der Waals surface area contributed by atoms with Gasteiger partial charge in [0.25, 0.3) is 0 Å². The maximum atomic E-state index is 6.50. The number of para-hydroxylation sites is 2. The number of furan rings is 1. The van der Waals surface area contributed by atoms with Gasteiger partial charge >= 0.3 is 0 Å². The number of nitrogens with zero attached hydrogens (tertiary/aromatic N) is 1. The zero-order valence-corrected chi connectivity index (χ0v) is 15.3. The summed E-state index contributed by atoms with van der Waals surface area (Å²) in [5.41, 5.74) is 4.42. The molecule has 1 aliphatic carbocycles. The molecule has 2 nitrogen and oxygen atoms in total. The predicted molar refractivity (Wildman–Crippen MR) is 112 cm³/mol. The van der Waals surface area contributed by atoms with E-state index in [2.05, 4.69) is 65.3 Å².